The van der Waals surface area contributed by atoms with Crippen molar-refractivity contribution < 1.29 is 4.79 Å². The number of Topliss-reactive ketones (excluding diaryl/α,β-unsaturated/α-hetero) is 1. The minimum atomic E-state index is 0.179. The highest BCUT2D eigenvalue weighted by atomic mass is 16.1. The van der Waals surface area contributed by atoms with Gasteiger partial charge in [-0.1, -0.05) is 19.8 Å². The van der Waals surface area contributed by atoms with Crippen LogP contribution in [0.5, 0.6) is 0 Å². The van der Waals surface area contributed by atoms with E-state index < -0.39 is 0 Å². The first kappa shape index (κ1) is 7.33. The van der Waals surface area contributed by atoms with Crippen molar-refractivity contribution >= 4 is 5.78 Å². The molecule has 0 spiro atoms. The van der Waals surface area contributed by atoms with Gasteiger partial charge in [0.1, 0.15) is 5.78 Å². The fraction of sp³-hybridized carbons (Fsp3) is 0.900. The van der Waals surface area contributed by atoms with Crippen LogP contribution in [-0.2, 0) is 4.79 Å². The summed E-state index contributed by atoms with van der Waals surface area (Å²) in [5, 5.41) is 0. The molecule has 0 bridgehead atoms. The molecule has 2 fully saturated rings. The van der Waals surface area contributed by atoms with Crippen molar-refractivity contribution in [3.63, 3.8) is 0 Å². The fourth-order valence-corrected chi connectivity index (χ4v) is 2.93. The molecule has 1 nitrogen and oxygen atoms in total. The molecule has 0 aromatic heterocycles. The number of fused-ring (bicyclic) bond motifs is 1. The van der Waals surface area contributed by atoms with Crippen LogP contribution in [0.3, 0.4) is 0 Å². The Balaban J connectivity index is 2.16. The molecule has 2 saturated carbocycles. The van der Waals surface area contributed by atoms with E-state index in [-0.39, 0.29) is 5.41 Å². The van der Waals surface area contributed by atoms with E-state index in [1.807, 2.05) is 0 Å². The molecule has 11 heavy (non-hydrogen) atoms. The van der Waals surface area contributed by atoms with Crippen LogP contribution in [0, 0.1) is 11.3 Å². The third-order valence-electron chi connectivity index (χ3n) is 3.82. The standard InChI is InChI=1S/C10H16O/c1-2-10-6-4-3-5-8(10)7-9(10)11/h8H,2-7H2,1H3. The van der Waals surface area contributed by atoms with Gasteiger partial charge in [0.05, 0.1) is 0 Å². The lowest BCUT2D eigenvalue weighted by atomic mass is 9.52. The van der Waals surface area contributed by atoms with E-state index in [4.69, 9.17) is 0 Å². The van der Waals surface area contributed by atoms with E-state index in [1.54, 1.807) is 0 Å². The molecule has 0 aromatic rings. The molecule has 0 heterocycles. The van der Waals surface area contributed by atoms with Gasteiger partial charge < -0.3 is 0 Å². The fourth-order valence-electron chi connectivity index (χ4n) is 2.93. The quantitative estimate of drug-likeness (QED) is 0.564. The average molecular weight is 152 g/mol. The minimum Gasteiger partial charge on any atom is -0.299 e. The predicted octanol–water partition coefficient (Wildman–Crippen LogP) is 2.55. The first-order chi connectivity index (χ1) is 5.29. The van der Waals surface area contributed by atoms with Crippen LogP contribution in [0.25, 0.3) is 0 Å². The van der Waals surface area contributed by atoms with Crippen LogP contribution in [0.15, 0.2) is 0 Å². The van der Waals surface area contributed by atoms with Gasteiger partial charge >= 0.3 is 0 Å². The SMILES string of the molecule is CCC12CCCCC1CC2=O. The molecular weight excluding hydrogens is 136 g/mol. The third-order valence-corrected chi connectivity index (χ3v) is 3.82. The molecule has 0 aromatic carbocycles. The molecule has 2 aliphatic rings. The Morgan fingerprint density at radius 1 is 1.55 bits per heavy atom. The van der Waals surface area contributed by atoms with Crippen molar-refractivity contribution in [2.75, 3.05) is 0 Å². The second-order valence-corrected chi connectivity index (χ2v) is 4.08. The Morgan fingerprint density at radius 3 is 2.82 bits per heavy atom. The van der Waals surface area contributed by atoms with Crippen molar-refractivity contribution in [3.8, 4) is 0 Å². The molecule has 0 aliphatic heterocycles. The van der Waals surface area contributed by atoms with Crippen LogP contribution in [0.2, 0.25) is 0 Å². The predicted molar refractivity (Wildman–Crippen MR) is 44.3 cm³/mol. The van der Waals surface area contributed by atoms with Gasteiger partial charge in [-0.3, -0.25) is 4.79 Å². The second-order valence-electron chi connectivity index (χ2n) is 4.08. The Hall–Kier alpha value is -0.330. The molecular formula is C10H16O. The van der Waals surface area contributed by atoms with Crippen molar-refractivity contribution in [2.45, 2.75) is 45.4 Å². The van der Waals surface area contributed by atoms with Gasteiger partial charge in [0.15, 0.2) is 0 Å². The van der Waals surface area contributed by atoms with Crippen LogP contribution >= 0.6 is 0 Å². The molecule has 0 N–H and O–H groups in total. The normalized spacial score (nSPS) is 43.0. The Morgan fingerprint density at radius 2 is 2.36 bits per heavy atom. The summed E-state index contributed by atoms with van der Waals surface area (Å²) >= 11 is 0. The van der Waals surface area contributed by atoms with Crippen LogP contribution in [0.4, 0.5) is 0 Å². The van der Waals surface area contributed by atoms with Crippen molar-refractivity contribution in [1.82, 2.24) is 0 Å². The van der Waals surface area contributed by atoms with Gasteiger partial charge in [0, 0.05) is 11.8 Å². The molecule has 2 unspecified atom stereocenters. The number of carbonyl (C=O) groups excluding carboxylic acids is 1. The number of hydrogen-bond acceptors (Lipinski definition) is 1. The molecule has 0 amide bonds. The summed E-state index contributed by atoms with van der Waals surface area (Å²) in [5.74, 6) is 1.33. The van der Waals surface area contributed by atoms with Gasteiger partial charge in [0.25, 0.3) is 0 Å². The van der Waals surface area contributed by atoms with E-state index in [1.165, 1.54) is 25.7 Å². The maximum atomic E-state index is 11.4. The van der Waals surface area contributed by atoms with E-state index in [0.717, 1.165) is 18.8 Å². The lowest BCUT2D eigenvalue weighted by Crippen LogP contribution is -2.51. The summed E-state index contributed by atoms with van der Waals surface area (Å²) in [5.41, 5.74) is 0.179. The highest BCUT2D eigenvalue weighted by Gasteiger charge is 2.53. The number of ketones is 1. The summed E-state index contributed by atoms with van der Waals surface area (Å²) in [7, 11) is 0. The maximum Gasteiger partial charge on any atom is 0.139 e. The van der Waals surface area contributed by atoms with E-state index in [0.29, 0.717) is 5.78 Å². The van der Waals surface area contributed by atoms with Gasteiger partial charge in [0.2, 0.25) is 0 Å². The van der Waals surface area contributed by atoms with Gasteiger partial charge in [-0.05, 0) is 25.2 Å². The summed E-state index contributed by atoms with van der Waals surface area (Å²) in [6, 6.07) is 0. The monoisotopic (exact) mass is 152 g/mol. The van der Waals surface area contributed by atoms with Crippen LogP contribution in [0.1, 0.15) is 45.4 Å². The molecule has 0 radical (unpaired) electrons. The highest BCUT2D eigenvalue weighted by Crippen LogP contribution is 2.54. The summed E-state index contributed by atoms with van der Waals surface area (Å²) < 4.78 is 0. The van der Waals surface area contributed by atoms with E-state index in [2.05, 4.69) is 6.92 Å². The van der Waals surface area contributed by atoms with E-state index >= 15 is 0 Å². The molecule has 62 valence electrons. The smallest absolute Gasteiger partial charge is 0.139 e. The van der Waals surface area contributed by atoms with Crippen molar-refractivity contribution in [2.24, 2.45) is 11.3 Å². The van der Waals surface area contributed by atoms with Crippen LogP contribution in [-0.4, -0.2) is 5.78 Å². The topological polar surface area (TPSA) is 17.1 Å². The Labute approximate surface area is 68.2 Å². The van der Waals surface area contributed by atoms with Gasteiger partial charge in [-0.2, -0.15) is 0 Å². The maximum absolute atomic E-state index is 11.4. The van der Waals surface area contributed by atoms with Crippen molar-refractivity contribution in [1.29, 1.82) is 0 Å². The zero-order valence-corrected chi connectivity index (χ0v) is 7.23. The summed E-state index contributed by atoms with van der Waals surface area (Å²) in [4.78, 5) is 11.4. The van der Waals surface area contributed by atoms with Gasteiger partial charge in [-0.15, -0.1) is 0 Å². The Kier molecular flexibility index (Phi) is 1.55. The molecule has 2 rings (SSSR count). The van der Waals surface area contributed by atoms with Crippen molar-refractivity contribution in [3.05, 3.63) is 0 Å². The third kappa shape index (κ3) is 0.800. The van der Waals surface area contributed by atoms with E-state index in [9.17, 15) is 4.79 Å². The average Bonchev–Trinajstić information content (AvgIpc) is 2.03. The first-order valence-electron chi connectivity index (χ1n) is 4.83. The second kappa shape index (κ2) is 2.33. The number of carbonyl (C=O) groups is 1. The lowest BCUT2D eigenvalue weighted by molar-refractivity contribution is -0.150. The van der Waals surface area contributed by atoms with Gasteiger partial charge in [-0.25, -0.2) is 0 Å². The zero-order chi connectivity index (χ0) is 7.90. The summed E-state index contributed by atoms with van der Waals surface area (Å²) in [6.45, 7) is 2.18. The lowest BCUT2D eigenvalue weighted by Gasteiger charge is -2.50. The minimum absolute atomic E-state index is 0.179. The summed E-state index contributed by atoms with van der Waals surface area (Å²) in [6.07, 6.45) is 7.15. The highest BCUT2D eigenvalue weighted by molar-refractivity contribution is 5.91. The van der Waals surface area contributed by atoms with Crippen LogP contribution < -0.4 is 0 Å². The Bertz CT molecular complexity index is 185. The molecule has 0 saturated heterocycles. The molecule has 2 aliphatic carbocycles. The first-order valence-corrected chi connectivity index (χ1v) is 4.83. The molecule has 2 atom stereocenters. The largest absolute Gasteiger partial charge is 0.299 e. The molecule has 1 heteroatoms. The number of hydrogen-bond donors (Lipinski definition) is 0. The zero-order valence-electron chi connectivity index (χ0n) is 7.23. The number of rotatable bonds is 1.